The van der Waals surface area contributed by atoms with E-state index in [1.165, 1.54) is 34.9 Å². The summed E-state index contributed by atoms with van der Waals surface area (Å²) in [6.07, 6.45) is 0. The number of nitrogens with zero attached hydrogens (tertiary/aromatic N) is 4. The normalized spacial score (nSPS) is 18.0. The summed E-state index contributed by atoms with van der Waals surface area (Å²) < 4.78 is 206. The molecule has 0 unspecified atom stereocenters. The van der Waals surface area contributed by atoms with Gasteiger partial charge in [-0.3, -0.25) is 0 Å². The molecule has 3 heterocycles. The maximum absolute atomic E-state index is 9.09. The van der Waals surface area contributed by atoms with Gasteiger partial charge >= 0.3 is 0 Å². The first kappa shape index (κ1) is 13.6. The first-order valence-electron chi connectivity index (χ1n) is 26.3. The topological polar surface area (TPSA) is 56.7 Å². The Kier molecular flexibility index (Phi) is 3.09. The van der Waals surface area contributed by atoms with Crippen molar-refractivity contribution in [2.75, 3.05) is 0 Å². The molecule has 0 N–H and O–H groups in total. The molecule has 234 valence electrons. The number of benzene rings is 7. The van der Waals surface area contributed by atoms with Gasteiger partial charge in [0.15, 0.2) is 17.5 Å². The van der Waals surface area contributed by atoms with Gasteiger partial charge in [-0.25, -0.2) is 15.0 Å². The zero-order valence-corrected chi connectivity index (χ0v) is 25.1. The van der Waals surface area contributed by atoms with Crippen LogP contribution in [-0.4, -0.2) is 19.5 Å². The SMILES string of the molecule is [2H]c1c([2H])c([2H])c(-c2nc(-c3ccc4c(c3)oc3c(-c5c([2H])c([2H])c([2H])c([2H])c5[2H])cc(-n5c6c([2H])c([2H])c([2H])c([2H])c6c6c([2H])c([2H])c([2H])c([2H])c65)cc34)nc(-c3c([2H])c([2H])c([2H])c([2H])c3[2H])n2)c([2H])c1[2H]. The van der Waals surface area contributed by atoms with Crippen molar-refractivity contribution in [1.29, 1.82) is 0 Å². The summed E-state index contributed by atoms with van der Waals surface area (Å²) in [7, 11) is 0. The van der Waals surface area contributed by atoms with Crippen LogP contribution >= 0.6 is 0 Å². The Morgan fingerprint density at radius 2 is 0.940 bits per heavy atom. The summed E-state index contributed by atoms with van der Waals surface area (Å²) in [5.74, 6) is -1.39. The molecule has 0 saturated carbocycles. The standard InChI is InChI=1S/C45H28N4O/c1-4-14-29(15-5-1)37-27-33(49-39-22-12-10-20-34(39)35-21-11-13-23-40(35)49)28-38-36-25-24-32(26-41(36)50-42(37)38)45-47-43(30-16-6-2-7-17-30)46-44(48-45)31-18-8-3-9-19-31/h1-28H/i1D,2D,3D,4D,5D,6D,7D,8D,9D,10D,11D,12D,13D,14D,15D,16D,17D,18D,19D,20D,21D,22D,23D. The summed E-state index contributed by atoms with van der Waals surface area (Å²) in [5.41, 5.74) is -2.23. The van der Waals surface area contributed by atoms with Crippen molar-refractivity contribution >= 4 is 43.7 Å². The monoisotopic (exact) mass is 663 g/mol. The molecule has 7 aromatic carbocycles. The van der Waals surface area contributed by atoms with Crippen LogP contribution < -0.4 is 0 Å². The first-order chi connectivity index (χ1) is 34.3. The van der Waals surface area contributed by atoms with E-state index in [0.29, 0.717) is 0 Å². The van der Waals surface area contributed by atoms with Crippen LogP contribution in [0.1, 0.15) is 31.5 Å². The highest BCUT2D eigenvalue weighted by atomic mass is 16.3. The first-order valence-corrected chi connectivity index (χ1v) is 14.8. The van der Waals surface area contributed by atoms with Crippen molar-refractivity contribution in [2.24, 2.45) is 0 Å². The molecule has 0 aliphatic carbocycles. The van der Waals surface area contributed by atoms with Crippen molar-refractivity contribution in [3.8, 4) is 51.0 Å². The van der Waals surface area contributed by atoms with Crippen molar-refractivity contribution in [1.82, 2.24) is 19.5 Å². The predicted octanol–water partition coefficient (Wildman–Crippen LogP) is 11.5. The predicted molar refractivity (Wildman–Crippen MR) is 203 cm³/mol. The molecule has 10 rings (SSSR count). The second-order valence-electron chi connectivity index (χ2n) is 10.8. The highest BCUT2D eigenvalue weighted by molar-refractivity contribution is 6.13. The Hall–Kier alpha value is -6.85. The smallest absolute Gasteiger partial charge is 0.164 e. The minimum atomic E-state index is -0.748. The van der Waals surface area contributed by atoms with Gasteiger partial charge < -0.3 is 8.98 Å². The molecule has 0 aliphatic rings. The van der Waals surface area contributed by atoms with Gasteiger partial charge in [0.25, 0.3) is 0 Å². The van der Waals surface area contributed by atoms with Crippen molar-refractivity contribution in [2.45, 2.75) is 0 Å². The van der Waals surface area contributed by atoms with Crippen LogP contribution in [0, 0.1) is 0 Å². The third-order valence-electron chi connectivity index (χ3n) is 7.96. The largest absolute Gasteiger partial charge is 0.455 e. The van der Waals surface area contributed by atoms with Crippen LogP contribution in [0.15, 0.2) is 174 Å². The van der Waals surface area contributed by atoms with Gasteiger partial charge in [-0.2, -0.15) is 0 Å². The lowest BCUT2D eigenvalue weighted by Gasteiger charge is -2.11. The van der Waals surface area contributed by atoms with E-state index in [2.05, 4.69) is 15.0 Å². The number of hydrogen-bond acceptors (Lipinski definition) is 4. The molecule has 5 nitrogen and oxygen atoms in total. The minimum absolute atomic E-state index is 0.0153. The molecule has 0 radical (unpaired) electrons. The second-order valence-corrected chi connectivity index (χ2v) is 10.8. The summed E-state index contributed by atoms with van der Waals surface area (Å²) in [6.45, 7) is 0. The number of aromatic nitrogens is 4. The fourth-order valence-electron chi connectivity index (χ4n) is 5.83. The average molecular weight is 664 g/mol. The fourth-order valence-corrected chi connectivity index (χ4v) is 5.83. The van der Waals surface area contributed by atoms with E-state index in [-0.39, 0.29) is 71.9 Å². The molecule has 0 fully saturated rings. The number of para-hydroxylation sites is 2. The number of hydrogen-bond donors (Lipinski definition) is 0. The highest BCUT2D eigenvalue weighted by Crippen LogP contribution is 2.41. The third-order valence-corrected chi connectivity index (χ3v) is 7.96. The summed E-state index contributed by atoms with van der Waals surface area (Å²) in [6, 6.07) is -9.10. The molecular formula is C45H28N4O. The molecule has 0 spiro atoms. The van der Waals surface area contributed by atoms with Crippen LogP contribution in [0.5, 0.6) is 0 Å². The van der Waals surface area contributed by atoms with Gasteiger partial charge in [0, 0.05) is 49.5 Å². The van der Waals surface area contributed by atoms with Gasteiger partial charge in [0.05, 0.1) is 42.6 Å². The van der Waals surface area contributed by atoms with Gasteiger partial charge in [0.2, 0.25) is 0 Å². The molecular weight excluding hydrogens is 613 g/mol. The zero-order valence-electron chi connectivity index (χ0n) is 48.1. The molecule has 0 bridgehead atoms. The van der Waals surface area contributed by atoms with Crippen LogP contribution in [-0.2, 0) is 0 Å². The van der Waals surface area contributed by atoms with Crippen LogP contribution in [0.25, 0.3) is 94.7 Å². The van der Waals surface area contributed by atoms with Crippen LogP contribution in [0.4, 0.5) is 0 Å². The fraction of sp³-hybridized carbons (Fsp3) is 0. The summed E-state index contributed by atoms with van der Waals surface area (Å²) in [5, 5.41) is -0.109. The van der Waals surface area contributed by atoms with E-state index in [1.807, 2.05) is 0 Å². The van der Waals surface area contributed by atoms with Gasteiger partial charge in [-0.1, -0.05) is 133 Å². The third kappa shape index (κ3) is 4.60. The van der Waals surface area contributed by atoms with E-state index in [9.17, 15) is 0 Å². The Morgan fingerprint density at radius 3 is 1.52 bits per heavy atom. The van der Waals surface area contributed by atoms with Crippen molar-refractivity contribution in [3.05, 3.63) is 169 Å². The lowest BCUT2D eigenvalue weighted by Crippen LogP contribution is -2.00. The van der Waals surface area contributed by atoms with E-state index in [0.717, 1.165) is 0 Å². The van der Waals surface area contributed by atoms with Crippen LogP contribution in [0.3, 0.4) is 0 Å². The van der Waals surface area contributed by atoms with Gasteiger partial charge in [0.1, 0.15) is 11.2 Å². The quantitative estimate of drug-likeness (QED) is 0.184. The molecule has 0 aliphatic heterocycles. The maximum atomic E-state index is 9.09. The highest BCUT2D eigenvalue weighted by Gasteiger charge is 2.19. The number of rotatable bonds is 5. The second kappa shape index (κ2) is 11.4. The lowest BCUT2D eigenvalue weighted by atomic mass is 10.0. The molecule has 0 saturated heterocycles. The maximum Gasteiger partial charge on any atom is 0.164 e. The molecule has 0 atom stereocenters. The Labute approximate surface area is 320 Å². The van der Waals surface area contributed by atoms with E-state index >= 15 is 0 Å². The molecule has 10 aromatic rings. The van der Waals surface area contributed by atoms with Crippen LogP contribution in [0.2, 0.25) is 0 Å². The number of furan rings is 1. The summed E-state index contributed by atoms with van der Waals surface area (Å²) in [4.78, 5) is 13.3. The number of fused-ring (bicyclic) bond motifs is 6. The summed E-state index contributed by atoms with van der Waals surface area (Å²) >= 11 is 0. The average Bonchev–Trinajstić information content (AvgIpc) is 3.94. The molecule has 5 heteroatoms. The Balaban J connectivity index is 1.33. The lowest BCUT2D eigenvalue weighted by molar-refractivity contribution is 0.670. The van der Waals surface area contributed by atoms with E-state index in [4.69, 9.17) is 35.9 Å². The van der Waals surface area contributed by atoms with Crippen molar-refractivity contribution < 1.29 is 35.9 Å². The zero-order chi connectivity index (χ0) is 53.0. The molecule has 0 amide bonds. The molecule has 50 heavy (non-hydrogen) atoms. The van der Waals surface area contributed by atoms with E-state index in [1.54, 1.807) is 0 Å². The molecule has 3 aromatic heterocycles. The van der Waals surface area contributed by atoms with Crippen molar-refractivity contribution in [3.63, 3.8) is 0 Å². The Morgan fingerprint density at radius 1 is 0.440 bits per heavy atom. The minimum Gasteiger partial charge on any atom is -0.455 e. The Bertz CT molecular complexity index is 3960. The van der Waals surface area contributed by atoms with Gasteiger partial charge in [-0.15, -0.1) is 0 Å². The van der Waals surface area contributed by atoms with E-state index < -0.39 is 162 Å². The van der Waals surface area contributed by atoms with Gasteiger partial charge in [-0.05, 0) is 41.9 Å².